The lowest BCUT2D eigenvalue weighted by atomic mass is 9.92. The molecule has 1 unspecified atom stereocenters. The van der Waals surface area contributed by atoms with Crippen molar-refractivity contribution in [2.75, 3.05) is 18.4 Å². The largest absolute Gasteiger partial charge is 0.352 e. The average Bonchev–Trinajstić information content (AvgIpc) is 3.20. The summed E-state index contributed by atoms with van der Waals surface area (Å²) in [6, 6.07) is 7.57. The number of carbonyl (C=O) groups is 2. The molecule has 1 heterocycles. The number of amides is 2. The van der Waals surface area contributed by atoms with Gasteiger partial charge in [0.1, 0.15) is 0 Å². The molecular weight excluding hydrogens is 314 g/mol. The fourth-order valence-electron chi connectivity index (χ4n) is 3.42. The van der Waals surface area contributed by atoms with E-state index in [0.29, 0.717) is 6.54 Å². The highest BCUT2D eigenvalue weighted by Gasteiger charge is 2.57. The van der Waals surface area contributed by atoms with Gasteiger partial charge in [-0.3, -0.25) is 9.59 Å². The first-order chi connectivity index (χ1) is 10.6. The van der Waals surface area contributed by atoms with Gasteiger partial charge in [0.05, 0.1) is 0 Å². The molecule has 0 radical (unpaired) electrons. The molecule has 6 heteroatoms. The quantitative estimate of drug-likeness (QED) is 0.787. The van der Waals surface area contributed by atoms with E-state index in [4.69, 9.17) is 0 Å². The Kier molecular flexibility index (Phi) is 5.65. The minimum Gasteiger partial charge on any atom is -0.352 e. The summed E-state index contributed by atoms with van der Waals surface area (Å²) in [7, 11) is 0. The highest BCUT2D eigenvalue weighted by Crippen LogP contribution is 2.58. The Balaban J connectivity index is 0.00000192. The molecule has 126 valence electrons. The van der Waals surface area contributed by atoms with Crippen LogP contribution in [0.2, 0.25) is 0 Å². The summed E-state index contributed by atoms with van der Waals surface area (Å²) >= 11 is 0. The number of hydrogen-bond acceptors (Lipinski definition) is 3. The fourth-order valence-corrected chi connectivity index (χ4v) is 3.42. The van der Waals surface area contributed by atoms with Gasteiger partial charge in [-0.1, -0.05) is 12.1 Å². The minimum absolute atomic E-state index is 0. The van der Waals surface area contributed by atoms with Gasteiger partial charge in [-0.2, -0.15) is 0 Å². The van der Waals surface area contributed by atoms with Gasteiger partial charge in [-0.25, -0.2) is 0 Å². The van der Waals surface area contributed by atoms with Crippen molar-refractivity contribution in [3.05, 3.63) is 29.8 Å². The molecular formula is C17H24ClN3O2. The molecule has 2 aliphatic rings. The van der Waals surface area contributed by atoms with E-state index < -0.39 is 0 Å². The summed E-state index contributed by atoms with van der Waals surface area (Å²) in [5, 5.41) is 9.13. The number of nitrogens with one attached hydrogen (secondary N) is 3. The van der Waals surface area contributed by atoms with Gasteiger partial charge in [-0.05, 0) is 55.5 Å². The van der Waals surface area contributed by atoms with Gasteiger partial charge < -0.3 is 16.0 Å². The van der Waals surface area contributed by atoms with Gasteiger partial charge in [-0.15, -0.1) is 12.4 Å². The van der Waals surface area contributed by atoms with Crippen LogP contribution in [0.25, 0.3) is 0 Å². The second-order valence-electron chi connectivity index (χ2n) is 6.46. The van der Waals surface area contributed by atoms with Crippen molar-refractivity contribution in [3.8, 4) is 0 Å². The molecule has 1 aromatic rings. The lowest BCUT2D eigenvalue weighted by molar-refractivity contribution is -0.123. The van der Waals surface area contributed by atoms with E-state index in [1.807, 2.05) is 24.3 Å². The Morgan fingerprint density at radius 3 is 2.48 bits per heavy atom. The molecule has 1 aliphatic heterocycles. The third kappa shape index (κ3) is 4.24. The summed E-state index contributed by atoms with van der Waals surface area (Å²) in [5.74, 6) is 0.308. The molecule has 2 amide bonds. The number of benzene rings is 1. The monoisotopic (exact) mass is 337 g/mol. The molecule has 5 nitrogen and oxygen atoms in total. The number of hydrogen-bond donors (Lipinski definition) is 3. The van der Waals surface area contributed by atoms with E-state index >= 15 is 0 Å². The normalized spacial score (nSPS) is 21.2. The summed E-state index contributed by atoms with van der Waals surface area (Å²) in [5.41, 5.74) is 2.10. The average molecular weight is 338 g/mol. The van der Waals surface area contributed by atoms with Crippen molar-refractivity contribution in [2.24, 2.45) is 11.3 Å². The third-order valence-electron chi connectivity index (χ3n) is 4.85. The first-order valence-electron chi connectivity index (χ1n) is 7.94. The molecule has 1 atom stereocenters. The maximum atomic E-state index is 12.3. The molecule has 1 saturated carbocycles. The number of anilines is 1. The molecule has 0 aromatic heterocycles. The molecule has 1 saturated heterocycles. The Morgan fingerprint density at radius 2 is 1.87 bits per heavy atom. The van der Waals surface area contributed by atoms with Gasteiger partial charge in [0.15, 0.2) is 0 Å². The van der Waals surface area contributed by atoms with Crippen LogP contribution in [0.4, 0.5) is 5.69 Å². The first-order valence-corrected chi connectivity index (χ1v) is 7.94. The molecule has 23 heavy (non-hydrogen) atoms. The zero-order valence-electron chi connectivity index (χ0n) is 13.4. The summed E-state index contributed by atoms with van der Waals surface area (Å²) in [6.45, 7) is 4.10. The van der Waals surface area contributed by atoms with Crippen LogP contribution in [0.15, 0.2) is 24.3 Å². The van der Waals surface area contributed by atoms with Crippen LogP contribution in [-0.2, 0) is 16.1 Å². The number of carbonyl (C=O) groups excluding carboxylic acids is 2. The van der Waals surface area contributed by atoms with E-state index in [1.165, 1.54) is 6.92 Å². The van der Waals surface area contributed by atoms with Crippen molar-refractivity contribution < 1.29 is 9.59 Å². The Morgan fingerprint density at radius 1 is 1.22 bits per heavy atom. The van der Waals surface area contributed by atoms with Crippen LogP contribution in [0, 0.1) is 11.3 Å². The standard InChI is InChI=1S/C17H23N3O2.ClH/c1-12(21)20-14-4-2-13(3-5-14)11-19-16(22)15-10-17(15)6-8-18-9-7-17;/h2-5,15,18H,6-11H2,1H3,(H,19,22)(H,20,21);1H. The van der Waals surface area contributed by atoms with Crippen molar-refractivity contribution in [3.63, 3.8) is 0 Å². The fraction of sp³-hybridized carbons (Fsp3) is 0.529. The number of piperidine rings is 1. The molecule has 3 rings (SSSR count). The lowest BCUT2D eigenvalue weighted by Crippen LogP contribution is -2.33. The predicted molar refractivity (Wildman–Crippen MR) is 92.5 cm³/mol. The SMILES string of the molecule is CC(=O)Nc1ccc(CNC(=O)C2CC23CCNCC3)cc1.Cl. The molecule has 1 spiro atoms. The van der Waals surface area contributed by atoms with Crippen LogP contribution in [0.3, 0.4) is 0 Å². The first kappa shape index (κ1) is 17.8. The lowest BCUT2D eigenvalue weighted by Gasteiger charge is -2.23. The maximum Gasteiger partial charge on any atom is 0.223 e. The highest BCUT2D eigenvalue weighted by molar-refractivity contribution is 5.88. The van der Waals surface area contributed by atoms with Crippen molar-refractivity contribution >= 4 is 29.9 Å². The van der Waals surface area contributed by atoms with Crippen molar-refractivity contribution in [2.45, 2.75) is 32.7 Å². The van der Waals surface area contributed by atoms with Crippen LogP contribution in [0.1, 0.15) is 31.7 Å². The van der Waals surface area contributed by atoms with E-state index in [0.717, 1.165) is 43.6 Å². The van der Waals surface area contributed by atoms with Gasteiger partial charge in [0.2, 0.25) is 11.8 Å². The zero-order chi connectivity index (χ0) is 15.6. The van der Waals surface area contributed by atoms with Crippen LogP contribution < -0.4 is 16.0 Å². The molecule has 3 N–H and O–H groups in total. The zero-order valence-corrected chi connectivity index (χ0v) is 14.2. The van der Waals surface area contributed by atoms with Gasteiger partial charge >= 0.3 is 0 Å². The molecule has 0 bridgehead atoms. The number of halogens is 1. The highest BCUT2D eigenvalue weighted by atomic mass is 35.5. The topological polar surface area (TPSA) is 70.2 Å². The van der Waals surface area contributed by atoms with E-state index in [2.05, 4.69) is 16.0 Å². The van der Waals surface area contributed by atoms with Crippen LogP contribution in [0.5, 0.6) is 0 Å². The van der Waals surface area contributed by atoms with Crippen LogP contribution >= 0.6 is 12.4 Å². The van der Waals surface area contributed by atoms with Crippen molar-refractivity contribution in [1.82, 2.24) is 10.6 Å². The van der Waals surface area contributed by atoms with Crippen LogP contribution in [-0.4, -0.2) is 24.9 Å². The Hall–Kier alpha value is -1.59. The van der Waals surface area contributed by atoms with Gasteiger partial charge in [0, 0.05) is 25.1 Å². The summed E-state index contributed by atoms with van der Waals surface area (Å²) < 4.78 is 0. The van der Waals surface area contributed by atoms with E-state index in [-0.39, 0.29) is 35.6 Å². The van der Waals surface area contributed by atoms with Gasteiger partial charge in [0.25, 0.3) is 0 Å². The maximum absolute atomic E-state index is 12.3. The molecule has 1 aromatic carbocycles. The minimum atomic E-state index is -0.0814. The number of rotatable bonds is 4. The Labute approximate surface area is 143 Å². The predicted octanol–water partition coefficient (Wildman–Crippen LogP) is 2.07. The second-order valence-corrected chi connectivity index (χ2v) is 6.46. The van der Waals surface area contributed by atoms with E-state index in [1.54, 1.807) is 0 Å². The Bertz CT molecular complexity index is 568. The molecule has 1 aliphatic carbocycles. The molecule has 2 fully saturated rings. The second kappa shape index (κ2) is 7.32. The summed E-state index contributed by atoms with van der Waals surface area (Å²) in [4.78, 5) is 23.2. The third-order valence-corrected chi connectivity index (χ3v) is 4.85. The summed E-state index contributed by atoms with van der Waals surface area (Å²) in [6.07, 6.45) is 3.29. The van der Waals surface area contributed by atoms with Crippen molar-refractivity contribution in [1.29, 1.82) is 0 Å². The van der Waals surface area contributed by atoms with E-state index in [9.17, 15) is 9.59 Å². The smallest absolute Gasteiger partial charge is 0.223 e.